The zero-order valence-corrected chi connectivity index (χ0v) is 23.9. The lowest BCUT2D eigenvalue weighted by molar-refractivity contribution is 0.128. The molecule has 2 aliphatic rings. The minimum absolute atomic E-state index is 0.710. The van der Waals surface area contributed by atoms with Crippen molar-refractivity contribution in [1.82, 2.24) is 0 Å². The van der Waals surface area contributed by atoms with Crippen LogP contribution in [0.25, 0.3) is 50.2 Å². The molecule has 0 aromatic heterocycles. The normalized spacial score (nSPS) is 16.6. The first kappa shape index (κ1) is 24.4. The minimum Gasteiger partial charge on any atom is -0.375 e. The molecule has 1 N–H and O–H groups in total. The Morgan fingerprint density at radius 2 is 1.37 bits per heavy atom. The Morgan fingerprint density at radius 3 is 2.22 bits per heavy atom. The molecule has 1 unspecified atom stereocenters. The van der Waals surface area contributed by atoms with Crippen LogP contribution in [-0.4, -0.2) is 5.11 Å². The third kappa shape index (κ3) is 3.60. The van der Waals surface area contributed by atoms with Gasteiger partial charge < -0.3 is 5.11 Å². The van der Waals surface area contributed by atoms with E-state index in [0.717, 1.165) is 61.8 Å². The number of hydrogen-bond donors (Lipinski definition) is 1. The molecular formula is C39H25BrO. The first-order chi connectivity index (χ1) is 20.1. The van der Waals surface area contributed by atoms with E-state index in [1.807, 2.05) is 12.1 Å². The molecular weight excluding hydrogens is 564 g/mol. The zero-order valence-electron chi connectivity index (χ0n) is 22.3. The van der Waals surface area contributed by atoms with Gasteiger partial charge in [0.05, 0.1) is 5.56 Å². The molecule has 0 amide bonds. The highest BCUT2D eigenvalue weighted by Gasteiger charge is 2.42. The first-order valence-electron chi connectivity index (χ1n) is 14.0. The summed E-state index contributed by atoms with van der Waals surface area (Å²) in [7, 11) is 0. The van der Waals surface area contributed by atoms with E-state index < -0.39 is 5.60 Å². The first-order valence-corrected chi connectivity index (χ1v) is 14.8. The molecule has 2 aliphatic carbocycles. The van der Waals surface area contributed by atoms with Crippen LogP contribution in [0.2, 0.25) is 0 Å². The number of aliphatic hydroxyl groups is 1. The molecule has 194 valence electrons. The molecule has 0 saturated carbocycles. The maximum absolute atomic E-state index is 13.4. The molecule has 6 aromatic rings. The van der Waals surface area contributed by atoms with Crippen molar-refractivity contribution in [3.63, 3.8) is 0 Å². The lowest BCUT2D eigenvalue weighted by Crippen LogP contribution is -2.30. The Balaban J connectivity index is 1.50. The highest BCUT2D eigenvalue weighted by molar-refractivity contribution is 9.10. The van der Waals surface area contributed by atoms with Crippen molar-refractivity contribution in [1.29, 1.82) is 0 Å². The standard InChI is InChI=1S/C39H25BrO/c40-26-21-22-34-30-15-5-4-14-29(30)32-17-7-9-19-36(32)39(41,38(34)24-26)37-20-10-8-18-33(37)35-23-25-11-1-2-12-27(25)28-13-3-6-16-31(28)35/h2-8,10,12-18,20-24,41H,1,11H2. The van der Waals surface area contributed by atoms with Gasteiger partial charge in [0.15, 0.2) is 0 Å². The number of fused-ring (bicyclic) bond motifs is 8. The Labute approximate surface area is 248 Å². The SMILES string of the molecule is OC1(c2ccccc2-c2cc3c(c4ccccc24)C=CCC3)c2c#cccc2-c2ccccc2-c2ccc(Br)cc21. The molecule has 0 heterocycles. The maximum Gasteiger partial charge on any atom is 0.150 e. The van der Waals surface area contributed by atoms with Gasteiger partial charge in [0.1, 0.15) is 5.60 Å². The molecule has 2 heteroatoms. The second kappa shape index (κ2) is 9.32. The molecule has 0 fully saturated rings. The Hall–Kier alpha value is -4.42. The summed E-state index contributed by atoms with van der Waals surface area (Å²) in [6.45, 7) is 0. The molecule has 0 aliphatic heterocycles. The van der Waals surface area contributed by atoms with E-state index in [1.54, 1.807) is 0 Å². The van der Waals surface area contributed by atoms with E-state index in [1.165, 1.54) is 21.9 Å². The van der Waals surface area contributed by atoms with E-state index in [2.05, 4.69) is 137 Å². The van der Waals surface area contributed by atoms with Gasteiger partial charge >= 0.3 is 0 Å². The fourth-order valence-electron chi connectivity index (χ4n) is 6.87. The number of aryl methyl sites for hydroxylation is 1. The van der Waals surface area contributed by atoms with Gasteiger partial charge in [0.25, 0.3) is 0 Å². The van der Waals surface area contributed by atoms with Gasteiger partial charge in [-0.15, -0.1) is 0 Å². The van der Waals surface area contributed by atoms with Crippen LogP contribution in [0.3, 0.4) is 0 Å². The molecule has 0 radical (unpaired) electrons. The van der Waals surface area contributed by atoms with Crippen molar-refractivity contribution in [2.24, 2.45) is 0 Å². The molecule has 0 spiro atoms. The highest BCUT2D eigenvalue weighted by Crippen LogP contribution is 2.52. The van der Waals surface area contributed by atoms with E-state index in [4.69, 9.17) is 0 Å². The van der Waals surface area contributed by atoms with E-state index in [9.17, 15) is 5.11 Å². The van der Waals surface area contributed by atoms with Crippen LogP contribution in [0.5, 0.6) is 0 Å². The van der Waals surface area contributed by atoms with Crippen molar-refractivity contribution in [2.75, 3.05) is 0 Å². The summed E-state index contributed by atoms with van der Waals surface area (Å²) in [6.07, 6.45) is 6.58. The summed E-state index contributed by atoms with van der Waals surface area (Å²) in [4.78, 5) is 0. The summed E-state index contributed by atoms with van der Waals surface area (Å²) >= 11 is 3.72. The zero-order chi connectivity index (χ0) is 27.6. The predicted molar refractivity (Wildman–Crippen MR) is 172 cm³/mol. The van der Waals surface area contributed by atoms with E-state index in [0.29, 0.717) is 5.56 Å². The molecule has 1 nitrogen and oxygen atoms in total. The monoisotopic (exact) mass is 588 g/mol. The Bertz CT molecular complexity index is 2030. The molecule has 0 saturated heterocycles. The summed E-state index contributed by atoms with van der Waals surface area (Å²) in [6, 6.07) is 44.5. The third-order valence-corrected chi connectivity index (χ3v) is 9.18. The van der Waals surface area contributed by atoms with Crippen LogP contribution in [0.4, 0.5) is 0 Å². The van der Waals surface area contributed by atoms with Crippen LogP contribution in [0, 0.1) is 12.1 Å². The number of hydrogen-bond acceptors (Lipinski definition) is 1. The molecule has 8 rings (SSSR count). The van der Waals surface area contributed by atoms with E-state index in [-0.39, 0.29) is 0 Å². The maximum atomic E-state index is 13.4. The largest absolute Gasteiger partial charge is 0.375 e. The van der Waals surface area contributed by atoms with Gasteiger partial charge in [-0.05, 0) is 98.5 Å². The summed E-state index contributed by atoms with van der Waals surface area (Å²) in [5.41, 5.74) is 9.83. The van der Waals surface area contributed by atoms with Gasteiger partial charge in [-0.1, -0.05) is 119 Å². The summed E-state index contributed by atoms with van der Waals surface area (Å²) < 4.78 is 0.916. The Morgan fingerprint density at radius 1 is 0.659 bits per heavy atom. The topological polar surface area (TPSA) is 20.2 Å². The molecule has 1 atom stereocenters. The summed E-state index contributed by atoms with van der Waals surface area (Å²) in [5, 5.41) is 15.8. The molecule has 0 bridgehead atoms. The van der Waals surface area contributed by atoms with Crippen molar-refractivity contribution >= 4 is 32.8 Å². The van der Waals surface area contributed by atoms with Crippen LogP contribution in [-0.2, 0) is 12.0 Å². The second-order valence-electron chi connectivity index (χ2n) is 10.9. The average molecular weight is 590 g/mol. The number of halogens is 1. The van der Waals surface area contributed by atoms with Gasteiger partial charge in [0, 0.05) is 15.6 Å². The predicted octanol–water partition coefficient (Wildman–Crippen LogP) is 9.76. The molecule has 6 aromatic carbocycles. The fraction of sp³-hybridized carbons (Fsp3) is 0.0769. The number of benzene rings is 5. The second-order valence-corrected chi connectivity index (χ2v) is 11.8. The summed E-state index contributed by atoms with van der Waals surface area (Å²) in [5.74, 6) is 0. The number of rotatable bonds is 2. The lowest BCUT2D eigenvalue weighted by Gasteiger charge is -2.33. The quantitative estimate of drug-likeness (QED) is 0.213. The van der Waals surface area contributed by atoms with Crippen molar-refractivity contribution in [2.45, 2.75) is 18.4 Å². The van der Waals surface area contributed by atoms with Crippen LogP contribution < -0.4 is 0 Å². The van der Waals surface area contributed by atoms with Gasteiger partial charge in [-0.25, -0.2) is 0 Å². The van der Waals surface area contributed by atoms with Gasteiger partial charge in [0.2, 0.25) is 0 Å². The van der Waals surface area contributed by atoms with Gasteiger partial charge in [-0.2, -0.15) is 0 Å². The fourth-order valence-corrected chi connectivity index (χ4v) is 7.23. The molecule has 41 heavy (non-hydrogen) atoms. The smallest absolute Gasteiger partial charge is 0.150 e. The number of allylic oxidation sites excluding steroid dienone is 1. The van der Waals surface area contributed by atoms with Crippen molar-refractivity contribution in [3.05, 3.63) is 160 Å². The van der Waals surface area contributed by atoms with Crippen LogP contribution >= 0.6 is 15.9 Å². The van der Waals surface area contributed by atoms with Crippen LogP contribution in [0.15, 0.2) is 120 Å². The highest BCUT2D eigenvalue weighted by atomic mass is 79.9. The van der Waals surface area contributed by atoms with E-state index >= 15 is 0 Å². The Kier molecular flexibility index (Phi) is 5.54. The van der Waals surface area contributed by atoms with Gasteiger partial charge in [-0.3, -0.25) is 0 Å². The van der Waals surface area contributed by atoms with Crippen molar-refractivity contribution < 1.29 is 5.11 Å². The van der Waals surface area contributed by atoms with Crippen LogP contribution in [0.1, 0.15) is 34.2 Å². The average Bonchev–Trinajstić information content (AvgIpc) is 3.12. The van der Waals surface area contributed by atoms with Crippen molar-refractivity contribution in [3.8, 4) is 33.4 Å². The lowest BCUT2D eigenvalue weighted by atomic mass is 9.75. The third-order valence-electron chi connectivity index (χ3n) is 8.68. The minimum atomic E-state index is -1.49.